The van der Waals surface area contributed by atoms with E-state index in [1.165, 1.54) is 0 Å². The van der Waals surface area contributed by atoms with Crippen molar-refractivity contribution in [2.45, 2.75) is 20.3 Å². The number of aromatic amines is 1. The maximum absolute atomic E-state index is 12.7. The molecule has 168 valence electrons. The molecule has 0 aliphatic heterocycles. The quantitative estimate of drug-likeness (QED) is 0.335. The van der Waals surface area contributed by atoms with Gasteiger partial charge in [-0.3, -0.25) is 4.79 Å². The lowest BCUT2D eigenvalue weighted by molar-refractivity contribution is 0.102. The van der Waals surface area contributed by atoms with E-state index in [-0.39, 0.29) is 5.91 Å². The molecule has 1 amide bonds. The molecule has 0 saturated heterocycles. The van der Waals surface area contributed by atoms with Crippen LogP contribution in [0.1, 0.15) is 28.7 Å². The number of benzene rings is 2. The highest BCUT2D eigenvalue weighted by Gasteiger charge is 2.13. The van der Waals surface area contributed by atoms with Crippen LogP contribution in [0.2, 0.25) is 0 Å². The first-order valence-electron chi connectivity index (χ1n) is 11.0. The smallest absolute Gasteiger partial charge is 0.255 e. The van der Waals surface area contributed by atoms with Gasteiger partial charge in [0.15, 0.2) is 0 Å². The van der Waals surface area contributed by atoms with Crippen LogP contribution < -0.4 is 10.1 Å². The molecule has 7 nitrogen and oxygen atoms in total. The van der Waals surface area contributed by atoms with Crippen molar-refractivity contribution in [3.63, 3.8) is 0 Å². The standard InChI is InChI=1S/C27H23N5O2/c1-3-25-29-14-11-23(32-25)21-5-4-12-30-27(21)34-24-9-7-20(15-17(24)2)31-26(33)19-6-8-22-18(16-19)10-13-28-22/h4-16,28H,3H2,1-2H3,(H,31,33). The largest absolute Gasteiger partial charge is 0.438 e. The van der Waals surface area contributed by atoms with Gasteiger partial charge in [-0.05, 0) is 73.2 Å². The Morgan fingerprint density at radius 3 is 2.79 bits per heavy atom. The molecule has 0 spiro atoms. The first kappa shape index (κ1) is 21.3. The second-order valence-electron chi connectivity index (χ2n) is 7.88. The van der Waals surface area contributed by atoms with Crippen molar-refractivity contribution in [1.82, 2.24) is 19.9 Å². The van der Waals surface area contributed by atoms with Gasteiger partial charge >= 0.3 is 0 Å². The SMILES string of the molecule is CCc1nccc(-c2cccnc2Oc2ccc(NC(=O)c3ccc4[nH]ccc4c3)cc2C)n1. The second kappa shape index (κ2) is 9.15. The molecule has 34 heavy (non-hydrogen) atoms. The highest BCUT2D eigenvalue weighted by Crippen LogP contribution is 2.32. The fraction of sp³-hybridized carbons (Fsp3) is 0.111. The van der Waals surface area contributed by atoms with Crippen molar-refractivity contribution in [2.75, 3.05) is 5.32 Å². The molecule has 0 atom stereocenters. The normalized spacial score (nSPS) is 10.9. The molecule has 0 fully saturated rings. The van der Waals surface area contributed by atoms with Crippen molar-refractivity contribution < 1.29 is 9.53 Å². The molecule has 7 heteroatoms. The van der Waals surface area contributed by atoms with E-state index in [0.29, 0.717) is 22.9 Å². The summed E-state index contributed by atoms with van der Waals surface area (Å²) in [5.41, 5.74) is 4.70. The Morgan fingerprint density at radius 2 is 1.94 bits per heavy atom. The number of fused-ring (bicyclic) bond motifs is 1. The van der Waals surface area contributed by atoms with Crippen LogP contribution in [0.4, 0.5) is 5.69 Å². The van der Waals surface area contributed by atoms with Gasteiger partial charge in [0.2, 0.25) is 5.88 Å². The number of amides is 1. The average Bonchev–Trinajstić information content (AvgIpc) is 3.34. The van der Waals surface area contributed by atoms with Crippen LogP contribution >= 0.6 is 0 Å². The molecule has 0 bridgehead atoms. The third kappa shape index (κ3) is 4.36. The Balaban J connectivity index is 1.36. The highest BCUT2D eigenvalue weighted by atomic mass is 16.5. The molecule has 2 N–H and O–H groups in total. The number of nitrogens with one attached hydrogen (secondary N) is 2. The van der Waals surface area contributed by atoms with Crippen molar-refractivity contribution in [2.24, 2.45) is 0 Å². The van der Waals surface area contributed by atoms with E-state index in [4.69, 9.17) is 4.74 Å². The summed E-state index contributed by atoms with van der Waals surface area (Å²) < 4.78 is 6.16. The Hall–Kier alpha value is -4.52. The zero-order valence-corrected chi connectivity index (χ0v) is 18.9. The Labute approximate surface area is 196 Å². The van der Waals surface area contributed by atoms with Gasteiger partial charge in [-0.25, -0.2) is 15.0 Å². The number of anilines is 1. The first-order chi connectivity index (χ1) is 16.6. The van der Waals surface area contributed by atoms with Crippen LogP contribution in [-0.4, -0.2) is 25.8 Å². The van der Waals surface area contributed by atoms with Gasteiger partial charge in [0.1, 0.15) is 11.6 Å². The molecular weight excluding hydrogens is 426 g/mol. The van der Waals surface area contributed by atoms with Gasteiger partial charge in [0, 0.05) is 47.2 Å². The van der Waals surface area contributed by atoms with E-state index >= 15 is 0 Å². The van der Waals surface area contributed by atoms with Gasteiger partial charge in [-0.15, -0.1) is 0 Å². The number of ether oxygens (including phenoxy) is 1. The molecule has 0 aliphatic rings. The number of carbonyl (C=O) groups excluding carboxylic acids is 1. The summed E-state index contributed by atoms with van der Waals surface area (Å²) in [6.07, 6.45) is 6.03. The fourth-order valence-electron chi connectivity index (χ4n) is 3.73. The molecule has 5 rings (SSSR count). The number of H-pyrrole nitrogens is 1. The number of rotatable bonds is 6. The van der Waals surface area contributed by atoms with Crippen LogP contribution in [0.15, 0.2) is 79.3 Å². The van der Waals surface area contributed by atoms with E-state index in [1.54, 1.807) is 18.5 Å². The molecule has 3 aromatic heterocycles. The topological polar surface area (TPSA) is 92.8 Å². The molecule has 0 unspecified atom stereocenters. The summed E-state index contributed by atoms with van der Waals surface area (Å²) in [4.78, 5) is 29.2. The van der Waals surface area contributed by atoms with Gasteiger partial charge in [0.05, 0.1) is 11.3 Å². The molecule has 2 aromatic carbocycles. The van der Waals surface area contributed by atoms with Gasteiger partial charge in [0.25, 0.3) is 5.91 Å². The lowest BCUT2D eigenvalue weighted by atomic mass is 10.1. The second-order valence-corrected chi connectivity index (χ2v) is 7.88. The summed E-state index contributed by atoms with van der Waals surface area (Å²) in [5.74, 6) is 1.71. The van der Waals surface area contributed by atoms with Gasteiger partial charge in [-0.1, -0.05) is 6.92 Å². The lowest BCUT2D eigenvalue weighted by Gasteiger charge is -2.13. The molecule has 0 radical (unpaired) electrons. The number of carbonyl (C=O) groups is 1. The Kier molecular flexibility index (Phi) is 5.74. The fourth-order valence-corrected chi connectivity index (χ4v) is 3.73. The summed E-state index contributed by atoms with van der Waals surface area (Å²) in [7, 11) is 0. The minimum atomic E-state index is -0.168. The van der Waals surface area contributed by atoms with Crippen LogP contribution in [0.5, 0.6) is 11.6 Å². The van der Waals surface area contributed by atoms with Crippen molar-refractivity contribution >= 4 is 22.5 Å². The Morgan fingerprint density at radius 1 is 1.03 bits per heavy atom. The summed E-state index contributed by atoms with van der Waals surface area (Å²) in [5, 5.41) is 3.95. The third-order valence-corrected chi connectivity index (χ3v) is 5.52. The zero-order valence-electron chi connectivity index (χ0n) is 18.9. The molecule has 3 heterocycles. The van der Waals surface area contributed by atoms with E-state index in [9.17, 15) is 4.79 Å². The van der Waals surface area contributed by atoms with Crippen LogP contribution in [0, 0.1) is 6.92 Å². The number of aryl methyl sites for hydroxylation is 2. The third-order valence-electron chi connectivity index (χ3n) is 5.52. The van der Waals surface area contributed by atoms with Gasteiger partial charge < -0.3 is 15.0 Å². The predicted octanol–water partition coefficient (Wildman–Crippen LogP) is 5.94. The molecule has 0 saturated carbocycles. The first-order valence-corrected chi connectivity index (χ1v) is 11.0. The highest BCUT2D eigenvalue weighted by molar-refractivity contribution is 6.06. The summed E-state index contributed by atoms with van der Waals surface area (Å²) >= 11 is 0. The molecule has 5 aromatic rings. The van der Waals surface area contributed by atoms with Crippen molar-refractivity contribution in [3.05, 3.63) is 96.2 Å². The van der Waals surface area contributed by atoms with Crippen LogP contribution in [-0.2, 0) is 6.42 Å². The molecular formula is C27H23N5O2. The predicted molar refractivity (Wildman–Crippen MR) is 132 cm³/mol. The van der Waals surface area contributed by atoms with E-state index < -0.39 is 0 Å². The Bertz CT molecular complexity index is 1490. The number of hydrogen-bond acceptors (Lipinski definition) is 5. The van der Waals surface area contributed by atoms with E-state index in [1.807, 2.05) is 74.6 Å². The lowest BCUT2D eigenvalue weighted by Crippen LogP contribution is -2.11. The van der Waals surface area contributed by atoms with Crippen LogP contribution in [0.25, 0.3) is 22.2 Å². The van der Waals surface area contributed by atoms with Crippen LogP contribution in [0.3, 0.4) is 0 Å². The van der Waals surface area contributed by atoms with Gasteiger partial charge in [-0.2, -0.15) is 0 Å². The van der Waals surface area contributed by atoms with Crippen molar-refractivity contribution in [3.8, 4) is 22.9 Å². The average molecular weight is 450 g/mol. The summed E-state index contributed by atoms with van der Waals surface area (Å²) in [6, 6.07) is 18.7. The van der Waals surface area contributed by atoms with Crippen molar-refractivity contribution in [1.29, 1.82) is 0 Å². The number of pyridine rings is 1. The maximum Gasteiger partial charge on any atom is 0.255 e. The maximum atomic E-state index is 12.7. The number of hydrogen-bond donors (Lipinski definition) is 2. The van der Waals surface area contributed by atoms with E-state index in [2.05, 4.69) is 25.3 Å². The number of aromatic nitrogens is 4. The minimum Gasteiger partial charge on any atom is -0.438 e. The zero-order chi connectivity index (χ0) is 23.5. The summed E-state index contributed by atoms with van der Waals surface area (Å²) in [6.45, 7) is 3.95. The number of nitrogens with zero attached hydrogens (tertiary/aromatic N) is 3. The molecule has 0 aliphatic carbocycles. The van der Waals surface area contributed by atoms with E-state index in [0.717, 1.165) is 40.0 Å². The monoisotopic (exact) mass is 449 g/mol. The minimum absolute atomic E-state index is 0.168.